The lowest BCUT2D eigenvalue weighted by atomic mass is 10.1. The van der Waals surface area contributed by atoms with Crippen molar-refractivity contribution in [1.82, 2.24) is 0 Å². The number of nitrogens with zero attached hydrogens (tertiary/aromatic N) is 1. The van der Waals surface area contributed by atoms with Gasteiger partial charge in [-0.05, 0) is 60.8 Å². The summed E-state index contributed by atoms with van der Waals surface area (Å²) in [6, 6.07) is 5.53. The smallest absolute Gasteiger partial charge is 0.412 e. The maximum Gasteiger partial charge on any atom is 0.412 e. The molecule has 0 atom stereocenters. The van der Waals surface area contributed by atoms with Crippen molar-refractivity contribution in [2.24, 2.45) is 4.99 Å². The number of aliphatic imine (C=N–C) groups is 1. The first-order valence-corrected chi connectivity index (χ1v) is 6.93. The van der Waals surface area contributed by atoms with E-state index in [4.69, 9.17) is 4.74 Å². The molecule has 0 bridgehead atoms. The number of isocyanates is 1. The van der Waals surface area contributed by atoms with Gasteiger partial charge in [0, 0.05) is 4.47 Å². The molecule has 1 N–H and O–H groups in total. The lowest BCUT2D eigenvalue weighted by Gasteiger charge is -2.20. The van der Waals surface area contributed by atoms with Gasteiger partial charge in [0.15, 0.2) is 0 Å². The predicted molar refractivity (Wildman–Crippen MR) is 80.7 cm³/mol. The maximum atomic E-state index is 11.7. The first-order valence-electron chi connectivity index (χ1n) is 6.14. The Morgan fingerprint density at radius 3 is 2.75 bits per heavy atom. The van der Waals surface area contributed by atoms with E-state index in [1.54, 1.807) is 20.8 Å². The number of ether oxygens (including phenoxy) is 1. The van der Waals surface area contributed by atoms with E-state index in [1.807, 2.05) is 18.2 Å². The summed E-state index contributed by atoms with van der Waals surface area (Å²) in [4.78, 5) is 25.2. The van der Waals surface area contributed by atoms with E-state index in [1.165, 1.54) is 6.08 Å². The number of hydrogen-bond donors (Lipinski definition) is 1. The van der Waals surface area contributed by atoms with Crippen LogP contribution in [0.25, 0.3) is 0 Å². The highest BCUT2D eigenvalue weighted by molar-refractivity contribution is 9.10. The van der Waals surface area contributed by atoms with Crippen molar-refractivity contribution in [3.8, 4) is 0 Å². The van der Waals surface area contributed by atoms with E-state index in [2.05, 4.69) is 26.2 Å². The average molecular weight is 341 g/mol. The molecule has 0 spiro atoms. The molecule has 0 unspecified atom stereocenters. The fourth-order valence-corrected chi connectivity index (χ4v) is 1.81. The highest BCUT2D eigenvalue weighted by Gasteiger charge is 2.17. The monoisotopic (exact) mass is 340 g/mol. The lowest BCUT2D eigenvalue weighted by molar-refractivity contribution is 0.0636. The van der Waals surface area contributed by atoms with Crippen molar-refractivity contribution in [3.63, 3.8) is 0 Å². The Bertz CT molecular complexity index is 532. The van der Waals surface area contributed by atoms with E-state index in [9.17, 15) is 9.59 Å². The van der Waals surface area contributed by atoms with E-state index in [0.29, 0.717) is 18.7 Å². The number of nitrogens with one attached hydrogen (secondary N) is 1. The van der Waals surface area contributed by atoms with Gasteiger partial charge in [-0.3, -0.25) is 5.32 Å². The van der Waals surface area contributed by atoms with Gasteiger partial charge in [-0.25, -0.2) is 14.6 Å². The number of carbonyl (C=O) groups excluding carboxylic acids is 2. The summed E-state index contributed by atoms with van der Waals surface area (Å²) >= 11 is 3.36. The molecular weight excluding hydrogens is 324 g/mol. The number of hydrogen-bond acceptors (Lipinski definition) is 4. The van der Waals surface area contributed by atoms with Crippen molar-refractivity contribution in [2.75, 3.05) is 11.9 Å². The number of anilines is 1. The number of benzene rings is 1. The van der Waals surface area contributed by atoms with Crippen molar-refractivity contribution in [2.45, 2.75) is 32.8 Å². The molecule has 0 saturated heterocycles. The second-order valence-electron chi connectivity index (χ2n) is 5.16. The number of halogens is 1. The van der Waals surface area contributed by atoms with Gasteiger partial charge < -0.3 is 4.74 Å². The van der Waals surface area contributed by atoms with Crippen LogP contribution in [-0.2, 0) is 16.0 Å². The summed E-state index contributed by atoms with van der Waals surface area (Å²) < 4.78 is 5.95. The zero-order chi connectivity index (χ0) is 15.2. The average Bonchev–Trinajstić information content (AvgIpc) is 2.31. The zero-order valence-electron chi connectivity index (χ0n) is 11.7. The summed E-state index contributed by atoms with van der Waals surface area (Å²) in [6.07, 6.45) is 1.59. The van der Waals surface area contributed by atoms with Crippen LogP contribution in [0.3, 0.4) is 0 Å². The Labute approximate surface area is 126 Å². The van der Waals surface area contributed by atoms with Gasteiger partial charge in [0.05, 0.1) is 12.2 Å². The van der Waals surface area contributed by atoms with Gasteiger partial charge in [-0.1, -0.05) is 6.07 Å². The van der Waals surface area contributed by atoms with Gasteiger partial charge in [-0.2, -0.15) is 0 Å². The number of rotatable bonds is 4. The molecule has 0 aliphatic carbocycles. The first kappa shape index (κ1) is 16.4. The molecule has 5 nitrogen and oxygen atoms in total. The van der Waals surface area contributed by atoms with E-state index in [0.717, 1.165) is 10.0 Å². The minimum atomic E-state index is -0.549. The molecule has 0 aliphatic rings. The van der Waals surface area contributed by atoms with Gasteiger partial charge >= 0.3 is 6.09 Å². The molecule has 0 aliphatic heterocycles. The standard InChI is InChI=1S/C14H17BrN2O3/c1-14(2,3)20-13(19)17-12-8-10(4-5-11(12)15)6-7-16-9-18/h4-5,8H,6-7H2,1-3H3,(H,17,19). The quantitative estimate of drug-likeness (QED) is 0.671. The Morgan fingerprint density at radius 1 is 1.45 bits per heavy atom. The molecule has 0 aromatic heterocycles. The van der Waals surface area contributed by atoms with Crippen LogP contribution < -0.4 is 5.32 Å². The molecule has 1 amide bonds. The largest absolute Gasteiger partial charge is 0.444 e. The fraction of sp³-hybridized carbons (Fsp3) is 0.429. The minimum Gasteiger partial charge on any atom is -0.444 e. The molecule has 1 aromatic rings. The van der Waals surface area contributed by atoms with E-state index < -0.39 is 11.7 Å². The summed E-state index contributed by atoms with van der Waals surface area (Å²) in [6.45, 7) is 5.78. The molecule has 108 valence electrons. The Hall–Kier alpha value is -1.65. The second kappa shape index (κ2) is 7.22. The Kier molecular flexibility index (Phi) is 5.92. The molecule has 1 rings (SSSR count). The highest BCUT2D eigenvalue weighted by Crippen LogP contribution is 2.24. The highest BCUT2D eigenvalue weighted by atomic mass is 79.9. The van der Waals surface area contributed by atoms with Crippen LogP contribution in [0.1, 0.15) is 26.3 Å². The van der Waals surface area contributed by atoms with Crippen LogP contribution in [0.4, 0.5) is 10.5 Å². The third-order valence-electron chi connectivity index (χ3n) is 2.24. The summed E-state index contributed by atoms with van der Waals surface area (Å²) in [5.74, 6) is 0. The van der Waals surface area contributed by atoms with Crippen molar-refractivity contribution < 1.29 is 14.3 Å². The van der Waals surface area contributed by atoms with Crippen LogP contribution in [0.15, 0.2) is 27.7 Å². The van der Waals surface area contributed by atoms with Crippen LogP contribution >= 0.6 is 15.9 Å². The number of amides is 1. The van der Waals surface area contributed by atoms with Crippen molar-refractivity contribution >= 4 is 33.8 Å². The fourth-order valence-electron chi connectivity index (χ4n) is 1.47. The van der Waals surface area contributed by atoms with Gasteiger partial charge in [0.2, 0.25) is 6.08 Å². The first-order chi connectivity index (χ1) is 9.31. The molecule has 20 heavy (non-hydrogen) atoms. The summed E-state index contributed by atoms with van der Waals surface area (Å²) in [5, 5.41) is 2.68. The Morgan fingerprint density at radius 2 is 2.15 bits per heavy atom. The minimum absolute atomic E-state index is 0.372. The van der Waals surface area contributed by atoms with Crippen molar-refractivity contribution in [1.29, 1.82) is 0 Å². The number of carbonyl (C=O) groups is 1. The third-order valence-corrected chi connectivity index (χ3v) is 2.93. The third kappa shape index (κ3) is 5.99. The van der Waals surface area contributed by atoms with Crippen LogP contribution in [0.5, 0.6) is 0 Å². The topological polar surface area (TPSA) is 67.8 Å². The molecule has 0 heterocycles. The zero-order valence-corrected chi connectivity index (χ0v) is 13.3. The molecule has 0 radical (unpaired) electrons. The van der Waals surface area contributed by atoms with E-state index in [-0.39, 0.29) is 0 Å². The normalized spacial score (nSPS) is 10.6. The van der Waals surface area contributed by atoms with Crippen LogP contribution in [0, 0.1) is 0 Å². The van der Waals surface area contributed by atoms with Crippen LogP contribution in [-0.4, -0.2) is 24.3 Å². The van der Waals surface area contributed by atoms with Gasteiger partial charge in [0.25, 0.3) is 0 Å². The van der Waals surface area contributed by atoms with Crippen LogP contribution in [0.2, 0.25) is 0 Å². The Balaban J connectivity index is 2.76. The summed E-state index contributed by atoms with van der Waals surface area (Å²) in [7, 11) is 0. The van der Waals surface area contributed by atoms with Gasteiger partial charge in [-0.15, -0.1) is 0 Å². The molecule has 6 heteroatoms. The maximum absolute atomic E-state index is 11.7. The SMILES string of the molecule is CC(C)(C)OC(=O)Nc1cc(CCN=C=O)ccc1Br. The molecule has 1 aromatic carbocycles. The van der Waals surface area contributed by atoms with Gasteiger partial charge in [0.1, 0.15) is 5.60 Å². The van der Waals surface area contributed by atoms with E-state index >= 15 is 0 Å². The molecule has 0 saturated carbocycles. The lowest BCUT2D eigenvalue weighted by Crippen LogP contribution is -2.27. The second-order valence-corrected chi connectivity index (χ2v) is 6.02. The van der Waals surface area contributed by atoms with Crippen molar-refractivity contribution in [3.05, 3.63) is 28.2 Å². The molecule has 0 fully saturated rings. The predicted octanol–water partition coefficient (Wildman–Crippen LogP) is 3.67. The summed E-state index contributed by atoms with van der Waals surface area (Å²) in [5.41, 5.74) is 1.03. The molecular formula is C14H17BrN2O3.